The third-order valence-corrected chi connectivity index (χ3v) is 10.5. The first-order valence-electron chi connectivity index (χ1n) is 17.7. The lowest BCUT2D eigenvalue weighted by Gasteiger charge is -2.13. The van der Waals surface area contributed by atoms with E-state index in [9.17, 15) is 0 Å². The van der Waals surface area contributed by atoms with Crippen LogP contribution >= 0.6 is 0 Å². The summed E-state index contributed by atoms with van der Waals surface area (Å²) in [5.41, 5.74) is 10.9. The van der Waals surface area contributed by atoms with Crippen molar-refractivity contribution in [2.45, 2.75) is 0 Å². The molecule has 0 N–H and O–H groups in total. The molecule has 52 heavy (non-hydrogen) atoms. The molecule has 8 aromatic carbocycles. The van der Waals surface area contributed by atoms with Crippen molar-refractivity contribution < 1.29 is 0 Å². The molecule has 0 fully saturated rings. The average molecular weight is 663 g/mol. The van der Waals surface area contributed by atoms with Crippen molar-refractivity contribution in [3.05, 3.63) is 182 Å². The summed E-state index contributed by atoms with van der Waals surface area (Å²) in [5.74, 6) is 0.663. The molecule has 3 aromatic heterocycles. The summed E-state index contributed by atoms with van der Waals surface area (Å²) in [6.45, 7) is 0. The van der Waals surface area contributed by atoms with Crippen LogP contribution in [0.4, 0.5) is 0 Å². The Balaban J connectivity index is 1.13. The largest absolute Gasteiger partial charge is 0.309 e. The Hall–Kier alpha value is -7.04. The third kappa shape index (κ3) is 4.34. The molecule has 242 valence electrons. The molecular weight excluding hydrogens is 633 g/mol. The minimum atomic E-state index is 0.663. The second-order valence-electron chi connectivity index (χ2n) is 13.5. The zero-order valence-corrected chi connectivity index (χ0v) is 28.1. The zero-order chi connectivity index (χ0) is 34.2. The topological polar surface area (TPSA) is 35.6 Å². The normalized spacial score (nSPS) is 11.8. The minimum absolute atomic E-state index is 0.663. The Labute approximate surface area is 299 Å². The van der Waals surface area contributed by atoms with Crippen molar-refractivity contribution in [1.82, 2.24) is 19.1 Å². The number of aromatic nitrogens is 4. The fraction of sp³-hybridized carbons (Fsp3) is 0. The van der Waals surface area contributed by atoms with Gasteiger partial charge in [0.2, 0.25) is 5.95 Å². The quantitative estimate of drug-likeness (QED) is 0.188. The number of hydrogen-bond donors (Lipinski definition) is 0. The predicted octanol–water partition coefficient (Wildman–Crippen LogP) is 12.3. The Bertz CT molecular complexity index is 3170. The van der Waals surface area contributed by atoms with Crippen LogP contribution < -0.4 is 0 Å². The van der Waals surface area contributed by atoms with E-state index in [-0.39, 0.29) is 0 Å². The number of rotatable bonds is 4. The van der Waals surface area contributed by atoms with Gasteiger partial charge in [0.1, 0.15) is 0 Å². The van der Waals surface area contributed by atoms with Gasteiger partial charge in [0.15, 0.2) is 0 Å². The monoisotopic (exact) mass is 662 g/mol. The van der Waals surface area contributed by atoms with E-state index < -0.39 is 0 Å². The lowest BCUT2D eigenvalue weighted by atomic mass is 10.0. The summed E-state index contributed by atoms with van der Waals surface area (Å²) in [4.78, 5) is 10.6. The molecule has 0 bridgehead atoms. The second-order valence-corrected chi connectivity index (χ2v) is 13.5. The molecule has 0 saturated carbocycles. The number of fused-ring (bicyclic) bond motifs is 8. The van der Waals surface area contributed by atoms with Crippen LogP contribution in [0.3, 0.4) is 0 Å². The summed E-state index contributed by atoms with van der Waals surface area (Å²) in [5, 5.41) is 8.21. The van der Waals surface area contributed by atoms with Crippen LogP contribution in [0, 0.1) is 0 Å². The number of para-hydroxylation sites is 3. The number of nitrogens with zero attached hydrogens (tertiary/aromatic N) is 4. The van der Waals surface area contributed by atoms with Gasteiger partial charge in [-0.1, -0.05) is 127 Å². The van der Waals surface area contributed by atoms with Crippen molar-refractivity contribution in [3.8, 4) is 34.0 Å². The van der Waals surface area contributed by atoms with Crippen molar-refractivity contribution in [2.24, 2.45) is 0 Å². The minimum Gasteiger partial charge on any atom is -0.309 e. The van der Waals surface area contributed by atoms with E-state index in [1.807, 2.05) is 0 Å². The van der Waals surface area contributed by atoms with E-state index in [1.165, 1.54) is 49.0 Å². The molecule has 0 radical (unpaired) electrons. The molecular formula is C48H30N4. The van der Waals surface area contributed by atoms with Crippen LogP contribution in [0.2, 0.25) is 0 Å². The maximum Gasteiger partial charge on any atom is 0.235 e. The third-order valence-electron chi connectivity index (χ3n) is 10.5. The molecule has 0 saturated heterocycles. The van der Waals surface area contributed by atoms with Crippen LogP contribution in [0.25, 0.3) is 99.3 Å². The standard InChI is InChI=1S/C48H30N4/c1-2-12-31(13-3-1)32-22-25-36(26-23-32)51-43-20-10-7-16-37(43)40-29-35(24-27-45(40)51)47-39-18-6-9-19-42(39)49-48(50-47)52-44-21-11-8-17-38(44)41-28-33-14-4-5-15-34(33)30-46(41)52/h1-30H. The smallest absolute Gasteiger partial charge is 0.235 e. The summed E-state index contributed by atoms with van der Waals surface area (Å²) in [6, 6.07) is 64.9. The van der Waals surface area contributed by atoms with Crippen LogP contribution in [0.5, 0.6) is 0 Å². The molecule has 0 unspecified atom stereocenters. The highest BCUT2D eigenvalue weighted by Gasteiger charge is 2.19. The van der Waals surface area contributed by atoms with Gasteiger partial charge in [-0.25, -0.2) is 9.97 Å². The molecule has 4 heteroatoms. The molecule has 0 aliphatic heterocycles. The van der Waals surface area contributed by atoms with Crippen LogP contribution in [-0.4, -0.2) is 19.1 Å². The van der Waals surface area contributed by atoms with Gasteiger partial charge in [0.25, 0.3) is 0 Å². The number of benzene rings is 8. The van der Waals surface area contributed by atoms with Crippen molar-refractivity contribution >= 4 is 65.3 Å². The highest BCUT2D eigenvalue weighted by Crippen LogP contribution is 2.38. The molecule has 0 aliphatic rings. The maximum atomic E-state index is 5.43. The highest BCUT2D eigenvalue weighted by molar-refractivity contribution is 6.14. The molecule has 0 aliphatic carbocycles. The van der Waals surface area contributed by atoms with Crippen LogP contribution in [0.1, 0.15) is 0 Å². The van der Waals surface area contributed by atoms with Crippen molar-refractivity contribution in [1.29, 1.82) is 0 Å². The fourth-order valence-electron chi connectivity index (χ4n) is 8.09. The molecule has 0 amide bonds. The summed E-state index contributed by atoms with van der Waals surface area (Å²) in [6.07, 6.45) is 0. The molecule has 0 atom stereocenters. The summed E-state index contributed by atoms with van der Waals surface area (Å²) in [7, 11) is 0. The van der Waals surface area contributed by atoms with E-state index in [0.717, 1.165) is 44.4 Å². The van der Waals surface area contributed by atoms with Gasteiger partial charge in [-0.15, -0.1) is 0 Å². The Morgan fingerprint density at radius 2 is 0.885 bits per heavy atom. The Morgan fingerprint density at radius 3 is 1.65 bits per heavy atom. The Kier molecular flexibility index (Phi) is 6.22. The predicted molar refractivity (Wildman–Crippen MR) is 217 cm³/mol. The number of hydrogen-bond acceptors (Lipinski definition) is 2. The van der Waals surface area contributed by atoms with Crippen molar-refractivity contribution in [3.63, 3.8) is 0 Å². The van der Waals surface area contributed by atoms with E-state index in [0.29, 0.717) is 5.95 Å². The molecule has 11 rings (SSSR count). The van der Waals surface area contributed by atoms with Gasteiger partial charge in [0.05, 0.1) is 33.3 Å². The average Bonchev–Trinajstić information content (AvgIpc) is 3.72. The van der Waals surface area contributed by atoms with E-state index in [4.69, 9.17) is 9.97 Å². The molecule has 11 aromatic rings. The summed E-state index contributed by atoms with van der Waals surface area (Å²) < 4.78 is 4.60. The van der Waals surface area contributed by atoms with Crippen LogP contribution in [-0.2, 0) is 0 Å². The van der Waals surface area contributed by atoms with Gasteiger partial charge in [-0.2, -0.15) is 0 Å². The SMILES string of the molecule is c1ccc(-c2ccc(-n3c4ccccc4c4cc(-c5nc(-n6c7ccccc7c7cc8ccccc8cc76)nc6ccccc56)ccc43)cc2)cc1. The van der Waals surface area contributed by atoms with Gasteiger partial charge in [-0.3, -0.25) is 4.57 Å². The van der Waals surface area contributed by atoms with Gasteiger partial charge >= 0.3 is 0 Å². The van der Waals surface area contributed by atoms with E-state index >= 15 is 0 Å². The van der Waals surface area contributed by atoms with Crippen LogP contribution in [0.15, 0.2) is 182 Å². The first-order chi connectivity index (χ1) is 25.8. The van der Waals surface area contributed by atoms with E-state index in [1.54, 1.807) is 0 Å². The van der Waals surface area contributed by atoms with Gasteiger partial charge in [-0.05, 0) is 76.5 Å². The molecule has 4 nitrogen and oxygen atoms in total. The van der Waals surface area contributed by atoms with Gasteiger partial charge < -0.3 is 4.57 Å². The lowest BCUT2D eigenvalue weighted by molar-refractivity contribution is 1.01. The first-order valence-corrected chi connectivity index (χ1v) is 17.7. The zero-order valence-electron chi connectivity index (χ0n) is 28.1. The van der Waals surface area contributed by atoms with Crippen molar-refractivity contribution in [2.75, 3.05) is 0 Å². The first kappa shape index (κ1) is 28.8. The highest BCUT2D eigenvalue weighted by atomic mass is 15.2. The fourth-order valence-corrected chi connectivity index (χ4v) is 8.09. The van der Waals surface area contributed by atoms with Gasteiger partial charge in [0, 0.05) is 38.2 Å². The summed E-state index contributed by atoms with van der Waals surface area (Å²) >= 11 is 0. The lowest BCUT2D eigenvalue weighted by Crippen LogP contribution is -2.03. The van der Waals surface area contributed by atoms with E-state index in [2.05, 4.69) is 191 Å². The molecule has 3 heterocycles. The molecule has 0 spiro atoms. The second kappa shape index (κ2) is 11.2. The maximum absolute atomic E-state index is 5.43. The Morgan fingerprint density at radius 1 is 0.327 bits per heavy atom.